The van der Waals surface area contributed by atoms with E-state index in [1.54, 1.807) is 0 Å². The first-order valence-electron chi connectivity index (χ1n) is 6.86. The van der Waals surface area contributed by atoms with E-state index in [1.165, 1.54) is 17.3 Å². The lowest BCUT2D eigenvalue weighted by Crippen LogP contribution is -2.15. The van der Waals surface area contributed by atoms with Gasteiger partial charge < -0.3 is 10.4 Å². The summed E-state index contributed by atoms with van der Waals surface area (Å²) in [6.45, 7) is 6.05. The molecule has 2 N–H and O–H groups in total. The zero-order valence-corrected chi connectivity index (χ0v) is 12.5. The largest absolute Gasteiger partial charge is 0.480 e. The number of carboxylic acid groups (broad SMARTS) is 1. The Kier molecular flexibility index (Phi) is 7.60. The van der Waals surface area contributed by atoms with E-state index in [1.807, 2.05) is 19.1 Å². The van der Waals surface area contributed by atoms with Crippen LogP contribution in [0.25, 0.3) is 0 Å². The Bertz CT molecular complexity index is 378. The van der Waals surface area contributed by atoms with E-state index in [4.69, 9.17) is 5.11 Å². The van der Waals surface area contributed by atoms with E-state index in [0.717, 1.165) is 30.8 Å². The van der Waals surface area contributed by atoms with Crippen LogP contribution < -0.4 is 5.32 Å². The van der Waals surface area contributed by atoms with Crippen molar-refractivity contribution in [1.29, 1.82) is 0 Å². The smallest absolute Gasteiger partial charge is 0.316 e. The molecule has 1 atom stereocenters. The highest BCUT2D eigenvalue weighted by Crippen LogP contribution is 2.26. The molecule has 0 aliphatic heterocycles. The van der Waals surface area contributed by atoms with Crippen molar-refractivity contribution in [2.75, 3.05) is 6.54 Å². The molecule has 0 aliphatic carbocycles. The molecule has 106 valence electrons. The zero-order valence-electron chi connectivity index (χ0n) is 11.7. The lowest BCUT2D eigenvalue weighted by molar-refractivity contribution is -0.136. The molecule has 1 unspecified atom stereocenters. The van der Waals surface area contributed by atoms with Crippen LogP contribution in [-0.4, -0.2) is 22.9 Å². The van der Waals surface area contributed by atoms with E-state index in [0.29, 0.717) is 6.42 Å². The molecule has 0 amide bonds. The average Bonchev–Trinajstić information content (AvgIpc) is 2.40. The average molecular weight is 281 g/mol. The molecule has 0 radical (unpaired) electrons. The molecule has 0 fully saturated rings. The van der Waals surface area contributed by atoms with Crippen LogP contribution in [-0.2, 0) is 11.3 Å². The highest BCUT2D eigenvalue weighted by Gasteiger charge is 2.17. The zero-order chi connectivity index (χ0) is 14.1. The maximum atomic E-state index is 11.1. The van der Waals surface area contributed by atoms with Crippen LogP contribution in [0.5, 0.6) is 0 Å². The van der Waals surface area contributed by atoms with Crippen molar-refractivity contribution >= 4 is 17.7 Å². The summed E-state index contributed by atoms with van der Waals surface area (Å²) in [4.78, 5) is 12.1. The number of thioether (sulfide) groups is 1. The Labute approximate surface area is 119 Å². The number of rotatable bonds is 9. The van der Waals surface area contributed by atoms with Gasteiger partial charge in [-0.1, -0.05) is 32.4 Å². The lowest BCUT2D eigenvalue weighted by Gasteiger charge is -2.11. The predicted octanol–water partition coefficient (Wildman–Crippen LogP) is 3.53. The van der Waals surface area contributed by atoms with Crippen LogP contribution in [0, 0.1) is 0 Å². The van der Waals surface area contributed by atoms with Gasteiger partial charge in [0.25, 0.3) is 0 Å². The van der Waals surface area contributed by atoms with E-state index >= 15 is 0 Å². The molecule has 0 heterocycles. The second kappa shape index (κ2) is 8.99. The number of nitrogens with one attached hydrogen (secondary N) is 1. The summed E-state index contributed by atoms with van der Waals surface area (Å²) in [5, 5.41) is 12.1. The molecule has 0 bridgehead atoms. The Morgan fingerprint density at radius 1 is 1.26 bits per heavy atom. The van der Waals surface area contributed by atoms with Crippen LogP contribution in [0.15, 0.2) is 29.2 Å². The van der Waals surface area contributed by atoms with E-state index in [9.17, 15) is 4.79 Å². The van der Waals surface area contributed by atoms with Gasteiger partial charge in [0.15, 0.2) is 0 Å². The molecule has 0 aromatic heterocycles. The molecular formula is C15H23NO2S. The summed E-state index contributed by atoms with van der Waals surface area (Å²) in [6, 6.07) is 8.16. The topological polar surface area (TPSA) is 49.3 Å². The molecule has 0 saturated carbocycles. The number of carbonyl (C=O) groups is 1. The lowest BCUT2D eigenvalue weighted by atomic mass is 10.2. The molecule has 4 heteroatoms. The van der Waals surface area contributed by atoms with Gasteiger partial charge in [-0.25, -0.2) is 0 Å². The molecule has 0 saturated heterocycles. The third kappa shape index (κ3) is 6.12. The van der Waals surface area contributed by atoms with Crippen LogP contribution in [0.4, 0.5) is 0 Å². The van der Waals surface area contributed by atoms with Gasteiger partial charge in [0.05, 0.1) is 0 Å². The van der Waals surface area contributed by atoms with Gasteiger partial charge in [-0.15, -0.1) is 11.8 Å². The van der Waals surface area contributed by atoms with Crippen LogP contribution in [0.2, 0.25) is 0 Å². The first-order chi connectivity index (χ1) is 9.17. The summed E-state index contributed by atoms with van der Waals surface area (Å²) in [5.74, 6) is -0.722. The van der Waals surface area contributed by atoms with Crippen molar-refractivity contribution in [1.82, 2.24) is 5.32 Å². The van der Waals surface area contributed by atoms with Crippen molar-refractivity contribution in [2.24, 2.45) is 0 Å². The summed E-state index contributed by atoms with van der Waals surface area (Å²) in [7, 11) is 0. The summed E-state index contributed by atoms with van der Waals surface area (Å²) in [5.41, 5.74) is 1.24. The predicted molar refractivity (Wildman–Crippen MR) is 80.6 cm³/mol. The Hall–Kier alpha value is -1.00. The number of carboxylic acids is 1. The Morgan fingerprint density at radius 3 is 2.47 bits per heavy atom. The minimum atomic E-state index is -0.722. The number of aliphatic carboxylic acids is 1. The molecule has 19 heavy (non-hydrogen) atoms. The van der Waals surface area contributed by atoms with E-state index in [-0.39, 0.29) is 5.25 Å². The minimum absolute atomic E-state index is 0.339. The van der Waals surface area contributed by atoms with Crippen molar-refractivity contribution in [3.05, 3.63) is 29.8 Å². The van der Waals surface area contributed by atoms with Crippen molar-refractivity contribution < 1.29 is 9.90 Å². The fourth-order valence-corrected chi connectivity index (χ4v) is 2.83. The van der Waals surface area contributed by atoms with Gasteiger partial charge in [0.1, 0.15) is 5.25 Å². The van der Waals surface area contributed by atoms with E-state index in [2.05, 4.69) is 24.4 Å². The number of benzene rings is 1. The second-order valence-electron chi connectivity index (χ2n) is 4.55. The van der Waals surface area contributed by atoms with Crippen LogP contribution in [0.1, 0.15) is 38.7 Å². The summed E-state index contributed by atoms with van der Waals surface area (Å²) in [6.07, 6.45) is 2.73. The molecule has 3 nitrogen and oxygen atoms in total. The number of hydrogen-bond acceptors (Lipinski definition) is 3. The van der Waals surface area contributed by atoms with Gasteiger partial charge in [0.2, 0.25) is 0 Å². The van der Waals surface area contributed by atoms with Crippen molar-refractivity contribution in [2.45, 2.75) is 49.8 Å². The van der Waals surface area contributed by atoms with Crippen molar-refractivity contribution in [3.8, 4) is 0 Å². The first-order valence-corrected chi connectivity index (χ1v) is 7.74. The third-order valence-electron chi connectivity index (χ3n) is 2.78. The van der Waals surface area contributed by atoms with Gasteiger partial charge in [0, 0.05) is 11.4 Å². The van der Waals surface area contributed by atoms with Gasteiger partial charge in [-0.3, -0.25) is 4.79 Å². The highest BCUT2D eigenvalue weighted by molar-refractivity contribution is 8.00. The standard InChI is InChI=1S/C15H23NO2S/c1-3-5-14(15(17)18)19-13-8-6-12(7-9-13)11-16-10-4-2/h6-9,14,16H,3-5,10-11H2,1-2H3,(H,17,18). The Morgan fingerprint density at radius 2 is 1.95 bits per heavy atom. The normalized spacial score (nSPS) is 12.3. The fourth-order valence-electron chi connectivity index (χ4n) is 1.75. The van der Waals surface area contributed by atoms with Crippen molar-refractivity contribution in [3.63, 3.8) is 0 Å². The maximum Gasteiger partial charge on any atom is 0.316 e. The second-order valence-corrected chi connectivity index (χ2v) is 5.83. The van der Waals surface area contributed by atoms with Gasteiger partial charge in [-0.05, 0) is 37.1 Å². The monoisotopic (exact) mass is 281 g/mol. The van der Waals surface area contributed by atoms with Crippen LogP contribution in [0.3, 0.4) is 0 Å². The van der Waals surface area contributed by atoms with E-state index < -0.39 is 5.97 Å². The highest BCUT2D eigenvalue weighted by atomic mass is 32.2. The molecule has 0 aliphatic rings. The third-order valence-corrected chi connectivity index (χ3v) is 4.05. The SMILES string of the molecule is CCCNCc1ccc(SC(CCC)C(=O)O)cc1. The Balaban J connectivity index is 2.52. The first kappa shape index (κ1) is 16.1. The van der Waals surface area contributed by atoms with Gasteiger partial charge in [-0.2, -0.15) is 0 Å². The maximum absolute atomic E-state index is 11.1. The molecule has 1 aromatic carbocycles. The fraction of sp³-hybridized carbons (Fsp3) is 0.533. The molecule has 1 rings (SSSR count). The summed E-state index contributed by atoms with van der Waals surface area (Å²) < 4.78 is 0. The number of hydrogen-bond donors (Lipinski definition) is 2. The van der Waals surface area contributed by atoms with Gasteiger partial charge >= 0.3 is 5.97 Å². The molecular weight excluding hydrogens is 258 g/mol. The molecule has 1 aromatic rings. The van der Waals surface area contributed by atoms with Crippen LogP contribution >= 0.6 is 11.8 Å². The quantitative estimate of drug-likeness (QED) is 0.537. The summed E-state index contributed by atoms with van der Waals surface area (Å²) >= 11 is 1.44. The molecule has 0 spiro atoms. The minimum Gasteiger partial charge on any atom is -0.480 e.